The van der Waals surface area contributed by atoms with Gasteiger partial charge in [0.2, 0.25) is 5.89 Å². The van der Waals surface area contributed by atoms with E-state index >= 15 is 0 Å². The van der Waals surface area contributed by atoms with Gasteiger partial charge in [-0.05, 0) is 93.2 Å². The molecule has 2 heterocycles. The Balaban J connectivity index is 0.993. The summed E-state index contributed by atoms with van der Waals surface area (Å²) in [6.45, 7) is 0. The first-order valence-electron chi connectivity index (χ1n) is 19.2. The summed E-state index contributed by atoms with van der Waals surface area (Å²) in [6, 6.07) is 72.5. The van der Waals surface area contributed by atoms with Crippen molar-refractivity contribution in [3.05, 3.63) is 206 Å². The summed E-state index contributed by atoms with van der Waals surface area (Å²) >= 11 is 0. The van der Waals surface area contributed by atoms with Crippen molar-refractivity contribution in [1.29, 1.82) is 0 Å². The molecule has 4 heteroatoms. The molecule has 0 saturated heterocycles. The zero-order valence-electron chi connectivity index (χ0n) is 30.8. The molecule has 0 unspecified atom stereocenters. The Bertz CT molecular complexity index is 3210. The Hall–Kier alpha value is -7.69. The summed E-state index contributed by atoms with van der Waals surface area (Å²) in [5, 5.41) is 4.52. The summed E-state index contributed by atoms with van der Waals surface area (Å²) in [7, 11) is 0. The van der Waals surface area contributed by atoms with Crippen molar-refractivity contribution in [2.24, 2.45) is 0 Å². The average Bonchev–Trinajstić information content (AvgIpc) is 3.87. The third kappa shape index (κ3) is 5.83. The fraction of sp³-hybridized carbons (Fsp3) is 0. The van der Waals surface area contributed by atoms with E-state index < -0.39 is 0 Å². The molecule has 11 aromatic rings. The Morgan fingerprint density at radius 2 is 0.947 bits per heavy atom. The molecule has 2 aromatic heterocycles. The second-order valence-electron chi connectivity index (χ2n) is 14.4. The van der Waals surface area contributed by atoms with Gasteiger partial charge in [0.15, 0.2) is 5.58 Å². The molecule has 0 radical (unpaired) electrons. The summed E-state index contributed by atoms with van der Waals surface area (Å²) in [5.74, 6) is 0.602. The quantitative estimate of drug-likeness (QED) is 0.164. The van der Waals surface area contributed by atoms with Crippen LogP contribution >= 0.6 is 0 Å². The van der Waals surface area contributed by atoms with Crippen LogP contribution in [0.3, 0.4) is 0 Å². The maximum atomic E-state index is 6.61. The van der Waals surface area contributed by atoms with Gasteiger partial charge < -0.3 is 13.7 Å². The molecular formula is C53H34N2O2. The molecule has 0 aliphatic rings. The minimum absolute atomic E-state index is 0.602. The van der Waals surface area contributed by atoms with E-state index in [4.69, 9.17) is 13.8 Å². The number of anilines is 3. The number of aromatic nitrogens is 1. The fourth-order valence-electron chi connectivity index (χ4n) is 8.11. The van der Waals surface area contributed by atoms with Gasteiger partial charge in [0, 0.05) is 45.0 Å². The normalized spacial score (nSPS) is 11.5. The number of fused-ring (bicyclic) bond motifs is 5. The van der Waals surface area contributed by atoms with Crippen LogP contribution in [-0.4, -0.2) is 4.98 Å². The third-order valence-electron chi connectivity index (χ3n) is 10.9. The number of furan rings is 1. The van der Waals surface area contributed by atoms with Gasteiger partial charge in [-0.25, -0.2) is 4.98 Å². The minimum atomic E-state index is 0.602. The standard InChI is InChI=1S/C53H34N2O2/c1-3-12-35(13-4-1)36-24-28-41(29-25-36)55(43-19-9-18-40(32-43)45-21-10-17-37-14-7-8-20-44(37)45)42-30-26-38(27-31-42)46-22-11-23-47-48-33-49-51(34-50(48)56-52(46)47)57-53(54-49)39-15-5-2-6-16-39/h1-34H. The van der Waals surface area contributed by atoms with E-state index in [0.29, 0.717) is 11.5 Å². The van der Waals surface area contributed by atoms with Crippen molar-refractivity contribution in [3.63, 3.8) is 0 Å². The molecule has 268 valence electrons. The largest absolute Gasteiger partial charge is 0.455 e. The number of benzene rings is 9. The molecule has 11 rings (SSSR count). The molecule has 9 aromatic carbocycles. The van der Waals surface area contributed by atoms with E-state index in [9.17, 15) is 0 Å². The number of nitrogens with zero attached hydrogens (tertiary/aromatic N) is 2. The second kappa shape index (κ2) is 13.6. The van der Waals surface area contributed by atoms with E-state index in [0.717, 1.165) is 61.2 Å². The molecular weight excluding hydrogens is 697 g/mol. The Morgan fingerprint density at radius 1 is 0.351 bits per heavy atom. The molecule has 0 spiro atoms. The van der Waals surface area contributed by atoms with E-state index in [1.165, 1.54) is 33.0 Å². The Kier molecular flexibility index (Phi) is 7.78. The van der Waals surface area contributed by atoms with Crippen LogP contribution in [0.4, 0.5) is 17.1 Å². The van der Waals surface area contributed by atoms with Gasteiger partial charge >= 0.3 is 0 Å². The number of para-hydroxylation sites is 1. The molecule has 4 nitrogen and oxygen atoms in total. The Morgan fingerprint density at radius 3 is 1.74 bits per heavy atom. The zero-order chi connectivity index (χ0) is 37.7. The van der Waals surface area contributed by atoms with Crippen molar-refractivity contribution in [2.45, 2.75) is 0 Å². The molecule has 0 aliphatic heterocycles. The van der Waals surface area contributed by atoms with Crippen LogP contribution in [0.2, 0.25) is 0 Å². The van der Waals surface area contributed by atoms with Gasteiger partial charge in [-0.2, -0.15) is 0 Å². The summed E-state index contributed by atoms with van der Waals surface area (Å²) in [4.78, 5) is 7.15. The predicted octanol–water partition coefficient (Wildman–Crippen LogP) is 15.0. The maximum absolute atomic E-state index is 6.61. The molecule has 0 fully saturated rings. The molecule has 0 N–H and O–H groups in total. The van der Waals surface area contributed by atoms with Crippen molar-refractivity contribution < 1.29 is 8.83 Å². The molecule has 0 bridgehead atoms. The lowest BCUT2D eigenvalue weighted by Crippen LogP contribution is -2.10. The first-order chi connectivity index (χ1) is 28.2. The van der Waals surface area contributed by atoms with Crippen molar-refractivity contribution in [1.82, 2.24) is 4.98 Å². The molecule has 0 saturated carbocycles. The highest BCUT2D eigenvalue weighted by molar-refractivity contribution is 6.12. The zero-order valence-corrected chi connectivity index (χ0v) is 30.8. The van der Waals surface area contributed by atoms with Crippen molar-refractivity contribution in [2.75, 3.05) is 4.90 Å². The number of hydrogen-bond donors (Lipinski definition) is 0. The van der Waals surface area contributed by atoms with Gasteiger partial charge in [-0.3, -0.25) is 0 Å². The maximum Gasteiger partial charge on any atom is 0.227 e. The third-order valence-corrected chi connectivity index (χ3v) is 10.9. The van der Waals surface area contributed by atoms with E-state index in [2.05, 4.69) is 175 Å². The fourth-order valence-corrected chi connectivity index (χ4v) is 8.11. The summed E-state index contributed by atoms with van der Waals surface area (Å²) in [5.41, 5.74) is 14.1. The van der Waals surface area contributed by atoms with Crippen LogP contribution < -0.4 is 4.90 Å². The van der Waals surface area contributed by atoms with Gasteiger partial charge in [-0.1, -0.05) is 146 Å². The summed E-state index contributed by atoms with van der Waals surface area (Å²) < 4.78 is 12.8. The number of hydrogen-bond acceptors (Lipinski definition) is 4. The molecule has 0 aliphatic carbocycles. The van der Waals surface area contributed by atoms with Crippen LogP contribution in [0.1, 0.15) is 0 Å². The predicted molar refractivity (Wildman–Crippen MR) is 235 cm³/mol. The lowest BCUT2D eigenvalue weighted by Gasteiger charge is -2.26. The van der Waals surface area contributed by atoms with Crippen LogP contribution in [0.5, 0.6) is 0 Å². The lowest BCUT2D eigenvalue weighted by molar-refractivity contribution is 0.617. The lowest BCUT2D eigenvalue weighted by atomic mass is 9.97. The Labute approximate surface area is 329 Å². The number of rotatable bonds is 7. The van der Waals surface area contributed by atoms with Gasteiger partial charge in [0.25, 0.3) is 0 Å². The molecule has 57 heavy (non-hydrogen) atoms. The average molecular weight is 731 g/mol. The first kappa shape index (κ1) is 32.7. The van der Waals surface area contributed by atoms with Gasteiger partial charge in [0.05, 0.1) is 0 Å². The van der Waals surface area contributed by atoms with Crippen LogP contribution in [-0.2, 0) is 0 Å². The monoisotopic (exact) mass is 730 g/mol. The van der Waals surface area contributed by atoms with Crippen molar-refractivity contribution in [3.8, 4) is 44.8 Å². The highest BCUT2D eigenvalue weighted by Crippen LogP contribution is 2.42. The summed E-state index contributed by atoms with van der Waals surface area (Å²) in [6.07, 6.45) is 0. The van der Waals surface area contributed by atoms with Crippen LogP contribution in [0.15, 0.2) is 215 Å². The highest BCUT2D eigenvalue weighted by atomic mass is 16.4. The second-order valence-corrected chi connectivity index (χ2v) is 14.4. The van der Waals surface area contributed by atoms with Crippen LogP contribution in [0.25, 0.3) is 88.6 Å². The highest BCUT2D eigenvalue weighted by Gasteiger charge is 2.18. The van der Waals surface area contributed by atoms with Crippen molar-refractivity contribution >= 4 is 60.9 Å². The SMILES string of the molecule is c1ccc(-c2ccc(N(c3ccc(-c4cccc5c4oc4cc6oc(-c7ccccc7)nc6cc45)cc3)c3cccc(-c4cccc5ccccc45)c3)cc2)cc1. The molecule has 0 amide bonds. The van der Waals surface area contributed by atoms with Gasteiger partial charge in [0.1, 0.15) is 16.7 Å². The topological polar surface area (TPSA) is 42.4 Å². The number of oxazole rings is 1. The van der Waals surface area contributed by atoms with E-state index in [-0.39, 0.29) is 0 Å². The van der Waals surface area contributed by atoms with Gasteiger partial charge in [-0.15, -0.1) is 0 Å². The minimum Gasteiger partial charge on any atom is -0.455 e. The first-order valence-corrected chi connectivity index (χ1v) is 19.2. The smallest absolute Gasteiger partial charge is 0.227 e. The van der Waals surface area contributed by atoms with E-state index in [1.807, 2.05) is 36.4 Å². The van der Waals surface area contributed by atoms with E-state index in [1.54, 1.807) is 0 Å². The molecule has 0 atom stereocenters. The van der Waals surface area contributed by atoms with Crippen LogP contribution in [0, 0.1) is 0 Å².